The highest BCUT2D eigenvalue weighted by Crippen LogP contribution is 2.23. The Morgan fingerprint density at radius 3 is 2.75 bits per heavy atom. The summed E-state index contributed by atoms with van der Waals surface area (Å²) in [6, 6.07) is 10.1. The van der Waals surface area contributed by atoms with Crippen molar-refractivity contribution in [1.29, 1.82) is 0 Å². The third-order valence-corrected chi connectivity index (χ3v) is 4.20. The minimum atomic E-state index is -0.298. The molecule has 5 nitrogen and oxygen atoms in total. The van der Waals surface area contributed by atoms with Crippen molar-refractivity contribution < 1.29 is 9.53 Å². The molecular weight excluding hydrogens is 302 g/mol. The molecule has 0 aliphatic carbocycles. The maximum atomic E-state index is 12.3. The van der Waals surface area contributed by atoms with Crippen LogP contribution >= 0.6 is 0 Å². The Hall–Kier alpha value is -2.56. The standard InChI is InChI=1S/C19H25N3O2/c1-5-13-20-19-21-16(12-11-15-9-7-6-8-10-15)17(18(23)24-4)14(2)22(19)3/h5-10,16H,1,11-13H2,2-4H3,(H,20,21). The summed E-state index contributed by atoms with van der Waals surface area (Å²) in [7, 11) is 3.30. The van der Waals surface area contributed by atoms with E-state index in [1.54, 1.807) is 6.08 Å². The van der Waals surface area contributed by atoms with E-state index in [-0.39, 0.29) is 12.0 Å². The van der Waals surface area contributed by atoms with E-state index < -0.39 is 0 Å². The van der Waals surface area contributed by atoms with Crippen molar-refractivity contribution in [3.63, 3.8) is 0 Å². The molecule has 0 fully saturated rings. The van der Waals surface area contributed by atoms with Gasteiger partial charge in [-0.1, -0.05) is 36.4 Å². The maximum absolute atomic E-state index is 12.3. The number of nitrogens with zero attached hydrogens (tertiary/aromatic N) is 2. The second kappa shape index (κ2) is 8.34. The first-order valence-corrected chi connectivity index (χ1v) is 8.07. The van der Waals surface area contributed by atoms with Crippen LogP contribution in [0.5, 0.6) is 0 Å². The molecule has 128 valence electrons. The summed E-state index contributed by atoms with van der Waals surface area (Å²) in [5.74, 6) is 0.450. The zero-order valence-electron chi connectivity index (χ0n) is 14.6. The Balaban J connectivity index is 2.26. The molecule has 0 saturated heterocycles. The fourth-order valence-corrected chi connectivity index (χ4v) is 2.79. The largest absolute Gasteiger partial charge is 0.466 e. The second-order valence-corrected chi connectivity index (χ2v) is 5.72. The zero-order chi connectivity index (χ0) is 17.5. The van der Waals surface area contributed by atoms with Gasteiger partial charge < -0.3 is 15.0 Å². The summed E-state index contributed by atoms with van der Waals surface area (Å²) in [4.78, 5) is 18.6. The summed E-state index contributed by atoms with van der Waals surface area (Å²) in [6.07, 6.45) is 3.40. The van der Waals surface area contributed by atoms with Gasteiger partial charge in [-0.2, -0.15) is 0 Å². The lowest BCUT2D eigenvalue weighted by molar-refractivity contribution is -0.136. The topological polar surface area (TPSA) is 53.9 Å². The molecule has 1 atom stereocenters. The smallest absolute Gasteiger partial charge is 0.337 e. The number of allylic oxidation sites excluding steroid dienone is 1. The van der Waals surface area contributed by atoms with Crippen molar-refractivity contribution in [2.45, 2.75) is 25.8 Å². The van der Waals surface area contributed by atoms with Crippen LogP contribution < -0.4 is 5.32 Å². The maximum Gasteiger partial charge on any atom is 0.337 e. The van der Waals surface area contributed by atoms with Gasteiger partial charge in [0.15, 0.2) is 5.96 Å². The first-order chi connectivity index (χ1) is 11.6. The zero-order valence-corrected chi connectivity index (χ0v) is 14.6. The number of carbonyl (C=O) groups is 1. The average molecular weight is 327 g/mol. The molecule has 0 amide bonds. The van der Waals surface area contributed by atoms with E-state index in [4.69, 9.17) is 4.74 Å². The molecule has 0 radical (unpaired) electrons. The van der Waals surface area contributed by atoms with Crippen LogP contribution in [0.1, 0.15) is 18.9 Å². The molecule has 24 heavy (non-hydrogen) atoms. The number of aliphatic imine (C=N–C) groups is 1. The molecule has 2 rings (SSSR count). The molecule has 1 aliphatic heterocycles. The number of hydrogen-bond acceptors (Lipinski definition) is 3. The molecule has 5 heteroatoms. The molecule has 0 aromatic heterocycles. The van der Waals surface area contributed by atoms with Crippen LogP contribution in [-0.2, 0) is 16.0 Å². The van der Waals surface area contributed by atoms with Crippen molar-refractivity contribution in [2.75, 3.05) is 20.7 Å². The van der Waals surface area contributed by atoms with Crippen molar-refractivity contribution >= 4 is 11.9 Å². The quantitative estimate of drug-likeness (QED) is 0.644. The van der Waals surface area contributed by atoms with Crippen LogP contribution in [-0.4, -0.2) is 43.6 Å². The fourth-order valence-electron chi connectivity index (χ4n) is 2.79. The van der Waals surface area contributed by atoms with Crippen LogP contribution in [0.3, 0.4) is 0 Å². The highest BCUT2D eigenvalue weighted by Gasteiger charge is 2.32. The van der Waals surface area contributed by atoms with Crippen LogP contribution in [0, 0.1) is 0 Å². The van der Waals surface area contributed by atoms with E-state index in [1.165, 1.54) is 12.7 Å². The van der Waals surface area contributed by atoms with Gasteiger partial charge >= 0.3 is 5.97 Å². The summed E-state index contributed by atoms with van der Waals surface area (Å²) < 4.78 is 4.99. The number of carbonyl (C=O) groups excluding carboxylic acids is 1. The predicted molar refractivity (Wildman–Crippen MR) is 96.7 cm³/mol. The minimum Gasteiger partial charge on any atom is -0.466 e. The first kappa shape index (κ1) is 17.8. The third-order valence-electron chi connectivity index (χ3n) is 4.20. The molecule has 1 aromatic rings. The lowest BCUT2D eigenvalue weighted by Gasteiger charge is -2.35. The van der Waals surface area contributed by atoms with Gasteiger partial charge in [-0.05, 0) is 25.3 Å². The van der Waals surface area contributed by atoms with E-state index >= 15 is 0 Å². The van der Waals surface area contributed by atoms with Gasteiger partial charge in [-0.3, -0.25) is 0 Å². The van der Waals surface area contributed by atoms with Crippen LogP contribution in [0.15, 0.2) is 59.2 Å². The van der Waals surface area contributed by atoms with E-state index in [2.05, 4.69) is 29.0 Å². The minimum absolute atomic E-state index is 0.127. The monoisotopic (exact) mass is 327 g/mol. The Kier molecular flexibility index (Phi) is 6.18. The van der Waals surface area contributed by atoms with Crippen molar-refractivity contribution in [1.82, 2.24) is 10.2 Å². The molecule has 1 N–H and O–H groups in total. The molecule has 1 aromatic carbocycles. The SMILES string of the molecule is C=CCN=C1NC(CCc2ccccc2)C(C(=O)OC)=C(C)N1C. The van der Waals surface area contributed by atoms with Crippen LogP contribution in [0.25, 0.3) is 0 Å². The summed E-state index contributed by atoms with van der Waals surface area (Å²) >= 11 is 0. The van der Waals surface area contributed by atoms with E-state index in [0.29, 0.717) is 12.1 Å². The normalized spacial score (nSPS) is 19.2. The van der Waals surface area contributed by atoms with Gasteiger partial charge in [0.25, 0.3) is 0 Å². The third kappa shape index (κ3) is 4.04. The Morgan fingerprint density at radius 1 is 1.42 bits per heavy atom. The van der Waals surface area contributed by atoms with Crippen molar-refractivity contribution in [3.8, 4) is 0 Å². The van der Waals surface area contributed by atoms with E-state index in [9.17, 15) is 4.79 Å². The first-order valence-electron chi connectivity index (χ1n) is 8.07. The molecule has 0 saturated carbocycles. The number of benzene rings is 1. The molecular formula is C19H25N3O2. The number of aryl methyl sites for hydroxylation is 1. The molecule has 0 spiro atoms. The fraction of sp³-hybridized carbons (Fsp3) is 0.368. The molecule has 0 bridgehead atoms. The van der Waals surface area contributed by atoms with E-state index in [0.717, 1.165) is 24.5 Å². The summed E-state index contributed by atoms with van der Waals surface area (Å²) in [5.41, 5.74) is 2.76. The Bertz CT molecular complexity index is 650. The lowest BCUT2D eigenvalue weighted by Crippen LogP contribution is -2.51. The number of guanidine groups is 1. The summed E-state index contributed by atoms with van der Waals surface area (Å²) in [5, 5.41) is 3.37. The number of esters is 1. The van der Waals surface area contributed by atoms with Crippen molar-refractivity contribution in [2.24, 2.45) is 4.99 Å². The van der Waals surface area contributed by atoms with Gasteiger partial charge in [0.05, 0.1) is 25.3 Å². The number of methoxy groups -OCH3 is 1. The average Bonchev–Trinajstić information content (AvgIpc) is 2.61. The van der Waals surface area contributed by atoms with Crippen molar-refractivity contribution in [3.05, 3.63) is 59.8 Å². The van der Waals surface area contributed by atoms with Gasteiger partial charge in [0.2, 0.25) is 0 Å². The van der Waals surface area contributed by atoms with Gasteiger partial charge in [0.1, 0.15) is 0 Å². The number of rotatable bonds is 6. The highest BCUT2D eigenvalue weighted by molar-refractivity contribution is 5.95. The highest BCUT2D eigenvalue weighted by atomic mass is 16.5. The van der Waals surface area contributed by atoms with Gasteiger partial charge in [0, 0.05) is 12.7 Å². The lowest BCUT2D eigenvalue weighted by atomic mass is 9.95. The molecule has 1 aliphatic rings. The van der Waals surface area contributed by atoms with E-state index in [1.807, 2.05) is 37.1 Å². The van der Waals surface area contributed by atoms with Crippen LogP contribution in [0.4, 0.5) is 0 Å². The van der Waals surface area contributed by atoms with Gasteiger partial charge in [-0.15, -0.1) is 6.58 Å². The van der Waals surface area contributed by atoms with Crippen LogP contribution in [0.2, 0.25) is 0 Å². The Labute approximate surface area is 143 Å². The number of nitrogens with one attached hydrogen (secondary N) is 1. The Morgan fingerprint density at radius 2 is 2.12 bits per heavy atom. The number of ether oxygens (including phenoxy) is 1. The predicted octanol–water partition coefficient (Wildman–Crippen LogP) is 2.51. The number of hydrogen-bond donors (Lipinski definition) is 1. The van der Waals surface area contributed by atoms with Gasteiger partial charge in [-0.25, -0.2) is 9.79 Å². The molecule has 1 heterocycles. The molecule has 1 unspecified atom stereocenters. The second-order valence-electron chi connectivity index (χ2n) is 5.72. The summed E-state index contributed by atoms with van der Waals surface area (Å²) in [6.45, 7) is 6.15.